The summed E-state index contributed by atoms with van der Waals surface area (Å²) < 4.78 is 0. The molecule has 5 nitrogen and oxygen atoms in total. The standard InChI is InChI=1S/C12H9Cl2N3O2S/c1-19-17-10(11(14)18)9-6-20-12(16-9)15-8-5-3-2-4-7(8)13/h2-6H,1H3,(H,15,16). The molecule has 1 heterocycles. The molecule has 1 aromatic carbocycles. The predicted octanol–water partition coefficient (Wildman–Crippen LogP) is 3.66. The highest BCUT2D eigenvalue weighted by Gasteiger charge is 2.16. The van der Waals surface area contributed by atoms with Crippen molar-refractivity contribution in [3.63, 3.8) is 0 Å². The van der Waals surface area contributed by atoms with E-state index in [0.29, 0.717) is 15.8 Å². The Bertz CT molecular complexity index is 658. The molecule has 0 spiro atoms. The number of anilines is 2. The molecule has 104 valence electrons. The van der Waals surface area contributed by atoms with Crippen molar-refractivity contribution in [1.29, 1.82) is 0 Å². The molecule has 0 saturated heterocycles. The van der Waals surface area contributed by atoms with E-state index in [-0.39, 0.29) is 5.71 Å². The molecular formula is C12H9Cl2N3O2S. The number of aromatic nitrogens is 1. The lowest BCUT2D eigenvalue weighted by Gasteiger charge is -2.03. The molecule has 0 aliphatic carbocycles. The van der Waals surface area contributed by atoms with Crippen LogP contribution in [0.5, 0.6) is 0 Å². The maximum Gasteiger partial charge on any atom is 0.276 e. The van der Waals surface area contributed by atoms with E-state index in [1.54, 1.807) is 11.4 Å². The number of thiazole rings is 1. The second-order valence-corrected chi connectivity index (χ2v) is 5.15. The lowest BCUT2D eigenvalue weighted by Crippen LogP contribution is -2.10. The summed E-state index contributed by atoms with van der Waals surface area (Å²) in [6.07, 6.45) is 0. The number of carbonyl (C=O) groups excluding carboxylic acids is 1. The number of nitrogens with zero attached hydrogens (tertiary/aromatic N) is 2. The molecular weight excluding hydrogens is 321 g/mol. The number of carbonyl (C=O) groups is 1. The fourth-order valence-electron chi connectivity index (χ4n) is 1.39. The largest absolute Gasteiger partial charge is 0.398 e. The number of halogens is 2. The molecule has 2 aromatic rings. The summed E-state index contributed by atoms with van der Waals surface area (Å²) in [7, 11) is 1.33. The third kappa shape index (κ3) is 3.47. The molecule has 0 bridgehead atoms. The zero-order valence-electron chi connectivity index (χ0n) is 10.3. The van der Waals surface area contributed by atoms with E-state index in [2.05, 4.69) is 20.3 Å². The molecule has 0 saturated carbocycles. The van der Waals surface area contributed by atoms with Gasteiger partial charge < -0.3 is 10.2 Å². The number of oxime groups is 1. The highest BCUT2D eigenvalue weighted by atomic mass is 35.5. The van der Waals surface area contributed by atoms with Crippen molar-refractivity contribution in [3.8, 4) is 0 Å². The van der Waals surface area contributed by atoms with Crippen LogP contribution in [0.3, 0.4) is 0 Å². The van der Waals surface area contributed by atoms with Crippen LogP contribution in [0.2, 0.25) is 5.02 Å². The van der Waals surface area contributed by atoms with Crippen LogP contribution in [-0.4, -0.2) is 23.0 Å². The highest BCUT2D eigenvalue weighted by Crippen LogP contribution is 2.27. The van der Waals surface area contributed by atoms with E-state index in [4.69, 9.17) is 23.2 Å². The first kappa shape index (κ1) is 14.8. The predicted molar refractivity (Wildman–Crippen MR) is 81.3 cm³/mol. The number of para-hydroxylation sites is 1. The molecule has 8 heteroatoms. The molecule has 20 heavy (non-hydrogen) atoms. The van der Waals surface area contributed by atoms with Crippen molar-refractivity contribution in [2.75, 3.05) is 12.4 Å². The maximum absolute atomic E-state index is 11.2. The number of benzene rings is 1. The van der Waals surface area contributed by atoms with Crippen LogP contribution in [0.1, 0.15) is 5.69 Å². The average Bonchev–Trinajstić information content (AvgIpc) is 2.86. The Morgan fingerprint density at radius 2 is 2.20 bits per heavy atom. The van der Waals surface area contributed by atoms with Gasteiger partial charge in [-0.15, -0.1) is 11.3 Å². The number of hydrogen-bond acceptors (Lipinski definition) is 6. The Balaban J connectivity index is 2.23. The molecule has 0 aliphatic heterocycles. The van der Waals surface area contributed by atoms with Gasteiger partial charge in [-0.1, -0.05) is 28.9 Å². The molecule has 0 fully saturated rings. The summed E-state index contributed by atoms with van der Waals surface area (Å²) in [6, 6.07) is 7.26. The van der Waals surface area contributed by atoms with E-state index < -0.39 is 5.24 Å². The zero-order chi connectivity index (χ0) is 14.5. The van der Waals surface area contributed by atoms with Crippen LogP contribution in [0.25, 0.3) is 0 Å². The summed E-state index contributed by atoms with van der Waals surface area (Å²) >= 11 is 12.8. The van der Waals surface area contributed by atoms with Gasteiger partial charge in [0.1, 0.15) is 12.8 Å². The molecule has 2 rings (SSSR count). The minimum Gasteiger partial charge on any atom is -0.398 e. The summed E-state index contributed by atoms with van der Waals surface area (Å²) in [6.45, 7) is 0. The van der Waals surface area contributed by atoms with E-state index in [1.165, 1.54) is 18.4 Å². The molecule has 0 atom stereocenters. The molecule has 1 N–H and O–H groups in total. The van der Waals surface area contributed by atoms with Gasteiger partial charge in [-0.05, 0) is 23.7 Å². The van der Waals surface area contributed by atoms with Crippen molar-refractivity contribution in [1.82, 2.24) is 4.98 Å². The van der Waals surface area contributed by atoms with Gasteiger partial charge in [0, 0.05) is 5.38 Å². The van der Waals surface area contributed by atoms with Gasteiger partial charge in [0.15, 0.2) is 10.8 Å². The van der Waals surface area contributed by atoms with Gasteiger partial charge >= 0.3 is 0 Å². The van der Waals surface area contributed by atoms with E-state index in [9.17, 15) is 4.79 Å². The molecule has 0 amide bonds. The minimum absolute atomic E-state index is 0.0439. The lowest BCUT2D eigenvalue weighted by atomic mass is 10.3. The Hall–Kier alpha value is -1.63. The van der Waals surface area contributed by atoms with Crippen LogP contribution < -0.4 is 5.32 Å². The van der Waals surface area contributed by atoms with Gasteiger partial charge in [0.2, 0.25) is 0 Å². The second kappa shape index (κ2) is 6.69. The van der Waals surface area contributed by atoms with Crippen molar-refractivity contribution in [3.05, 3.63) is 40.4 Å². The van der Waals surface area contributed by atoms with Crippen LogP contribution in [0, 0.1) is 0 Å². The SMILES string of the molecule is CON=C(C(=O)Cl)c1csc(Nc2ccccc2Cl)n1. The third-order valence-electron chi connectivity index (χ3n) is 2.23. The van der Waals surface area contributed by atoms with Gasteiger partial charge in [0.25, 0.3) is 5.24 Å². The first-order valence-electron chi connectivity index (χ1n) is 5.40. The normalized spacial score (nSPS) is 11.2. The Morgan fingerprint density at radius 3 is 2.85 bits per heavy atom. The molecule has 0 unspecified atom stereocenters. The second-order valence-electron chi connectivity index (χ2n) is 3.54. The molecule has 0 aliphatic rings. The van der Waals surface area contributed by atoms with Crippen molar-refractivity contribution >= 4 is 56.3 Å². The highest BCUT2D eigenvalue weighted by molar-refractivity contribution is 7.14. The average molecular weight is 330 g/mol. The monoisotopic (exact) mass is 329 g/mol. The van der Waals surface area contributed by atoms with Crippen molar-refractivity contribution < 1.29 is 9.63 Å². The molecule has 1 aromatic heterocycles. The van der Waals surface area contributed by atoms with Gasteiger partial charge in [-0.3, -0.25) is 4.79 Å². The number of hydrogen-bond donors (Lipinski definition) is 1. The first-order valence-corrected chi connectivity index (χ1v) is 7.04. The fraction of sp³-hybridized carbons (Fsp3) is 0.0833. The quantitative estimate of drug-likeness (QED) is 0.516. The van der Waals surface area contributed by atoms with Crippen LogP contribution in [-0.2, 0) is 9.63 Å². The number of rotatable bonds is 5. The van der Waals surface area contributed by atoms with Crippen LogP contribution in [0.15, 0.2) is 34.8 Å². The van der Waals surface area contributed by atoms with Crippen molar-refractivity contribution in [2.45, 2.75) is 0 Å². The van der Waals surface area contributed by atoms with E-state index >= 15 is 0 Å². The third-order valence-corrected chi connectivity index (χ3v) is 3.50. The number of nitrogens with one attached hydrogen (secondary N) is 1. The first-order chi connectivity index (χ1) is 9.61. The summed E-state index contributed by atoms with van der Waals surface area (Å²) in [4.78, 5) is 20.0. The summed E-state index contributed by atoms with van der Waals surface area (Å²) in [5.74, 6) is 0. The topological polar surface area (TPSA) is 63.6 Å². The fourth-order valence-corrected chi connectivity index (χ4v) is 2.41. The minimum atomic E-state index is -0.735. The maximum atomic E-state index is 11.2. The van der Waals surface area contributed by atoms with Crippen LogP contribution >= 0.6 is 34.5 Å². The summed E-state index contributed by atoms with van der Waals surface area (Å²) in [5, 5.41) is 8.66. The van der Waals surface area contributed by atoms with Gasteiger partial charge in [0.05, 0.1) is 10.7 Å². The Morgan fingerprint density at radius 1 is 1.45 bits per heavy atom. The Kier molecular flexibility index (Phi) is 4.94. The Labute approximate surface area is 129 Å². The summed E-state index contributed by atoms with van der Waals surface area (Å²) in [5.41, 5.74) is 1.02. The smallest absolute Gasteiger partial charge is 0.276 e. The zero-order valence-corrected chi connectivity index (χ0v) is 12.6. The van der Waals surface area contributed by atoms with Crippen LogP contribution in [0.4, 0.5) is 10.8 Å². The van der Waals surface area contributed by atoms with Gasteiger partial charge in [-0.25, -0.2) is 4.98 Å². The molecule has 0 radical (unpaired) electrons. The van der Waals surface area contributed by atoms with E-state index in [0.717, 1.165) is 5.69 Å². The van der Waals surface area contributed by atoms with E-state index in [1.807, 2.05) is 18.2 Å². The van der Waals surface area contributed by atoms with Crippen molar-refractivity contribution in [2.24, 2.45) is 5.16 Å². The van der Waals surface area contributed by atoms with Gasteiger partial charge in [-0.2, -0.15) is 0 Å². The lowest BCUT2D eigenvalue weighted by molar-refractivity contribution is -0.106.